The van der Waals surface area contributed by atoms with Gasteiger partial charge in [0.1, 0.15) is 13.2 Å². The van der Waals surface area contributed by atoms with E-state index in [4.69, 9.17) is 4.74 Å². The maximum Gasteiger partial charge on any atom is 0.407 e. The zero-order valence-electron chi connectivity index (χ0n) is 22.7. The molecule has 2 N–H and O–H groups in total. The highest BCUT2D eigenvalue weighted by atomic mass is 16.5. The van der Waals surface area contributed by atoms with Gasteiger partial charge in [0.05, 0.1) is 0 Å². The quantitative estimate of drug-likeness (QED) is 0.345. The normalized spacial score (nSPS) is 13.2. The lowest BCUT2D eigenvalue weighted by molar-refractivity contribution is -0.145. The van der Waals surface area contributed by atoms with Crippen molar-refractivity contribution < 1.29 is 24.2 Å². The Balaban J connectivity index is 1.43. The summed E-state index contributed by atoms with van der Waals surface area (Å²) in [4.78, 5) is 39.1. The number of nitrogens with zero attached hydrogens (tertiary/aromatic N) is 1. The predicted molar refractivity (Wildman–Crippen MR) is 150 cm³/mol. The fourth-order valence-electron chi connectivity index (χ4n) is 5.26. The Morgan fingerprint density at radius 1 is 0.897 bits per heavy atom. The van der Waals surface area contributed by atoms with Crippen LogP contribution in [0, 0.1) is 5.41 Å². The molecule has 3 aromatic carbocycles. The number of carboxylic acids is 1. The Hall–Kier alpha value is -4.13. The Labute approximate surface area is 229 Å². The van der Waals surface area contributed by atoms with Crippen LogP contribution in [0.15, 0.2) is 78.9 Å². The topological polar surface area (TPSA) is 95.9 Å². The lowest BCUT2D eigenvalue weighted by atomic mass is 9.87. The van der Waals surface area contributed by atoms with Crippen LogP contribution >= 0.6 is 0 Å². The molecule has 4 rings (SSSR count). The molecule has 0 aromatic heterocycles. The second-order valence-electron chi connectivity index (χ2n) is 11.3. The predicted octanol–water partition coefficient (Wildman–Crippen LogP) is 5.83. The zero-order valence-corrected chi connectivity index (χ0v) is 22.7. The van der Waals surface area contributed by atoms with E-state index in [0.717, 1.165) is 27.8 Å². The average molecular weight is 529 g/mol. The van der Waals surface area contributed by atoms with E-state index in [1.807, 2.05) is 75.4 Å². The van der Waals surface area contributed by atoms with Crippen LogP contribution in [0.25, 0.3) is 11.1 Å². The molecule has 2 amide bonds. The number of amides is 2. The molecular weight excluding hydrogens is 492 g/mol. The van der Waals surface area contributed by atoms with E-state index in [0.29, 0.717) is 6.42 Å². The minimum Gasteiger partial charge on any atom is -0.480 e. The molecule has 7 heteroatoms. The molecule has 0 bridgehead atoms. The van der Waals surface area contributed by atoms with Gasteiger partial charge in [0, 0.05) is 24.9 Å². The number of rotatable bonds is 10. The fourth-order valence-corrected chi connectivity index (χ4v) is 5.26. The summed E-state index contributed by atoms with van der Waals surface area (Å²) in [7, 11) is 0. The molecule has 7 nitrogen and oxygen atoms in total. The van der Waals surface area contributed by atoms with Crippen LogP contribution in [0.5, 0.6) is 0 Å². The number of benzene rings is 3. The van der Waals surface area contributed by atoms with Crippen molar-refractivity contribution in [2.45, 2.75) is 52.1 Å². The van der Waals surface area contributed by atoms with Crippen molar-refractivity contribution >= 4 is 18.0 Å². The number of fused-ring (bicyclic) bond motifs is 3. The van der Waals surface area contributed by atoms with Crippen molar-refractivity contribution in [2.75, 3.05) is 13.2 Å². The molecule has 1 aliphatic rings. The summed E-state index contributed by atoms with van der Waals surface area (Å²) in [6.07, 6.45) is -0.0942. The molecule has 0 spiro atoms. The van der Waals surface area contributed by atoms with Crippen molar-refractivity contribution in [3.8, 4) is 11.1 Å². The number of ether oxygens (including phenoxy) is 1. The first-order valence-electron chi connectivity index (χ1n) is 13.3. The molecule has 0 aliphatic heterocycles. The van der Waals surface area contributed by atoms with E-state index in [1.54, 1.807) is 0 Å². The Morgan fingerprint density at radius 3 is 2.03 bits per heavy atom. The summed E-state index contributed by atoms with van der Waals surface area (Å²) >= 11 is 0. The number of hydrogen-bond donors (Lipinski definition) is 2. The van der Waals surface area contributed by atoms with Crippen molar-refractivity contribution in [3.63, 3.8) is 0 Å². The molecule has 204 valence electrons. The van der Waals surface area contributed by atoms with Crippen molar-refractivity contribution in [3.05, 3.63) is 95.6 Å². The minimum atomic E-state index is -1.09. The minimum absolute atomic E-state index is 0.0262. The van der Waals surface area contributed by atoms with Crippen LogP contribution < -0.4 is 5.32 Å². The van der Waals surface area contributed by atoms with Crippen molar-refractivity contribution in [1.29, 1.82) is 0 Å². The summed E-state index contributed by atoms with van der Waals surface area (Å²) in [5.41, 5.74) is 5.20. The van der Waals surface area contributed by atoms with Gasteiger partial charge in [-0.15, -0.1) is 0 Å². The lowest BCUT2D eigenvalue weighted by Crippen LogP contribution is -2.44. The number of alkyl carbamates (subject to hydrolysis) is 1. The number of aliphatic carboxylic acids is 1. The van der Waals surface area contributed by atoms with Gasteiger partial charge in [0.2, 0.25) is 5.91 Å². The average Bonchev–Trinajstić information content (AvgIpc) is 3.20. The van der Waals surface area contributed by atoms with E-state index in [1.165, 1.54) is 4.90 Å². The van der Waals surface area contributed by atoms with Gasteiger partial charge in [-0.2, -0.15) is 0 Å². The largest absolute Gasteiger partial charge is 0.480 e. The van der Waals surface area contributed by atoms with Crippen LogP contribution in [0.2, 0.25) is 0 Å². The molecule has 39 heavy (non-hydrogen) atoms. The molecule has 1 aliphatic carbocycles. The van der Waals surface area contributed by atoms with E-state index < -0.39 is 24.6 Å². The van der Waals surface area contributed by atoms with Gasteiger partial charge in [-0.1, -0.05) is 99.6 Å². The second-order valence-corrected chi connectivity index (χ2v) is 11.3. The first kappa shape index (κ1) is 27.9. The highest BCUT2D eigenvalue weighted by Gasteiger charge is 2.30. The maximum atomic E-state index is 13.3. The van der Waals surface area contributed by atoms with E-state index >= 15 is 0 Å². The molecular formula is C32H36N2O5. The molecule has 3 aromatic rings. The smallest absolute Gasteiger partial charge is 0.407 e. The SMILES string of the molecule is CC(C)(C)CC(CC(=O)N(CC(=O)O)Cc1ccccc1)NC(=O)OCC1c2ccccc2-c2ccccc21. The van der Waals surface area contributed by atoms with Crippen LogP contribution in [-0.2, 0) is 20.9 Å². The highest BCUT2D eigenvalue weighted by Crippen LogP contribution is 2.44. The third-order valence-corrected chi connectivity index (χ3v) is 6.84. The fraction of sp³-hybridized carbons (Fsp3) is 0.344. The second kappa shape index (κ2) is 12.2. The Bertz CT molecular complexity index is 1270. The summed E-state index contributed by atoms with van der Waals surface area (Å²) in [5, 5.41) is 12.3. The van der Waals surface area contributed by atoms with E-state index in [-0.39, 0.29) is 36.8 Å². The summed E-state index contributed by atoms with van der Waals surface area (Å²) in [5.74, 6) is -1.49. The van der Waals surface area contributed by atoms with E-state index in [2.05, 4.69) is 29.6 Å². The summed E-state index contributed by atoms with van der Waals surface area (Å²) in [6, 6.07) is 25.0. The lowest BCUT2D eigenvalue weighted by Gasteiger charge is -2.29. The van der Waals surface area contributed by atoms with Crippen LogP contribution in [-0.4, -0.2) is 47.2 Å². The Kier molecular flexibility index (Phi) is 8.69. The van der Waals surface area contributed by atoms with Gasteiger partial charge in [0.15, 0.2) is 0 Å². The van der Waals surface area contributed by atoms with E-state index in [9.17, 15) is 19.5 Å². The van der Waals surface area contributed by atoms with Gasteiger partial charge in [0.25, 0.3) is 0 Å². The number of nitrogens with one attached hydrogen (secondary N) is 1. The number of hydrogen-bond acceptors (Lipinski definition) is 4. The number of carboxylic acid groups (broad SMARTS) is 1. The molecule has 1 unspecified atom stereocenters. The molecule has 0 heterocycles. The van der Waals surface area contributed by atoms with Gasteiger partial charge >= 0.3 is 12.1 Å². The highest BCUT2D eigenvalue weighted by molar-refractivity contribution is 5.82. The number of carbonyl (C=O) groups excluding carboxylic acids is 2. The summed E-state index contributed by atoms with van der Waals surface area (Å²) in [6.45, 7) is 6.03. The first-order chi connectivity index (χ1) is 18.6. The van der Waals surface area contributed by atoms with Crippen LogP contribution in [0.3, 0.4) is 0 Å². The number of carbonyl (C=O) groups is 3. The molecule has 1 atom stereocenters. The van der Waals surface area contributed by atoms with Crippen LogP contribution in [0.1, 0.15) is 56.2 Å². The van der Waals surface area contributed by atoms with Gasteiger partial charge in [-0.3, -0.25) is 9.59 Å². The van der Waals surface area contributed by atoms with Gasteiger partial charge in [-0.05, 0) is 39.7 Å². The Morgan fingerprint density at radius 2 is 1.46 bits per heavy atom. The zero-order chi connectivity index (χ0) is 28.0. The molecule has 0 saturated carbocycles. The summed E-state index contributed by atoms with van der Waals surface area (Å²) < 4.78 is 5.72. The van der Waals surface area contributed by atoms with Crippen molar-refractivity contribution in [2.24, 2.45) is 5.41 Å². The monoisotopic (exact) mass is 528 g/mol. The molecule has 0 fully saturated rings. The standard InChI is InChI=1S/C32H36N2O5/c1-32(2,3)18-23(17-29(35)34(20-30(36)37)19-22-11-5-4-6-12-22)33-31(38)39-21-28-26-15-9-7-13-24(26)25-14-8-10-16-27(25)28/h4-16,23,28H,17-21H2,1-3H3,(H,33,38)(H,36,37). The van der Waals surface area contributed by atoms with Gasteiger partial charge < -0.3 is 20.1 Å². The van der Waals surface area contributed by atoms with Crippen LogP contribution in [0.4, 0.5) is 4.79 Å². The molecule has 0 radical (unpaired) electrons. The van der Waals surface area contributed by atoms with Crippen molar-refractivity contribution in [1.82, 2.24) is 10.2 Å². The third kappa shape index (κ3) is 7.47. The first-order valence-corrected chi connectivity index (χ1v) is 13.3. The third-order valence-electron chi connectivity index (χ3n) is 6.84. The maximum absolute atomic E-state index is 13.3. The molecule has 0 saturated heterocycles. The van der Waals surface area contributed by atoms with Gasteiger partial charge in [-0.25, -0.2) is 4.79 Å².